The number of halogens is 1. The fraction of sp³-hybridized carbons (Fsp3) is 0.444. The molecule has 0 N–H and O–H groups in total. The third kappa shape index (κ3) is 2.82. The standard InChI is InChI=1S/C9H11ClN2O5/c1-15-8-6(12(13)14)4-5(7(10)11-8)9(16-2)17-3/h4,9H,1-3H3. The van der Waals surface area contributed by atoms with Gasteiger partial charge < -0.3 is 14.2 Å². The van der Waals surface area contributed by atoms with Gasteiger partial charge in [-0.3, -0.25) is 10.1 Å². The summed E-state index contributed by atoms with van der Waals surface area (Å²) in [6.07, 6.45) is -0.820. The van der Waals surface area contributed by atoms with Gasteiger partial charge in [-0.05, 0) is 0 Å². The van der Waals surface area contributed by atoms with Crippen molar-refractivity contribution >= 4 is 17.3 Å². The van der Waals surface area contributed by atoms with Crippen LogP contribution in [0.2, 0.25) is 5.15 Å². The maximum absolute atomic E-state index is 10.8. The Labute approximate surface area is 102 Å². The van der Waals surface area contributed by atoms with Gasteiger partial charge in [-0.15, -0.1) is 0 Å². The SMILES string of the molecule is COc1nc(Cl)c(C(OC)OC)cc1[N+](=O)[O-]. The molecule has 0 aliphatic heterocycles. The van der Waals surface area contributed by atoms with Gasteiger partial charge >= 0.3 is 5.69 Å². The lowest BCUT2D eigenvalue weighted by Gasteiger charge is -2.14. The molecule has 1 aromatic rings. The summed E-state index contributed by atoms with van der Waals surface area (Å²) in [7, 11) is 4.05. The number of aromatic nitrogens is 1. The summed E-state index contributed by atoms with van der Waals surface area (Å²) in [4.78, 5) is 14.0. The van der Waals surface area contributed by atoms with E-state index in [9.17, 15) is 10.1 Å². The van der Waals surface area contributed by atoms with E-state index in [1.807, 2.05) is 0 Å². The summed E-state index contributed by atoms with van der Waals surface area (Å²) in [6.45, 7) is 0. The molecule has 0 amide bonds. The van der Waals surface area contributed by atoms with E-state index in [0.29, 0.717) is 0 Å². The molecule has 0 fully saturated rings. The van der Waals surface area contributed by atoms with Crippen LogP contribution < -0.4 is 4.74 Å². The Morgan fingerprint density at radius 1 is 1.41 bits per heavy atom. The molecule has 0 bridgehead atoms. The first-order chi connectivity index (χ1) is 8.04. The summed E-state index contributed by atoms with van der Waals surface area (Å²) in [5, 5.41) is 10.8. The lowest BCUT2D eigenvalue weighted by Crippen LogP contribution is -2.07. The van der Waals surface area contributed by atoms with Gasteiger partial charge in [0.15, 0.2) is 6.29 Å². The van der Waals surface area contributed by atoms with Gasteiger partial charge in [0, 0.05) is 20.3 Å². The predicted molar refractivity (Wildman–Crippen MR) is 59.2 cm³/mol. The highest BCUT2D eigenvalue weighted by molar-refractivity contribution is 6.30. The molecule has 94 valence electrons. The molecule has 1 heterocycles. The third-order valence-electron chi connectivity index (χ3n) is 2.02. The van der Waals surface area contributed by atoms with Gasteiger partial charge in [-0.1, -0.05) is 11.6 Å². The van der Waals surface area contributed by atoms with Gasteiger partial charge in [0.25, 0.3) is 5.88 Å². The van der Waals surface area contributed by atoms with Gasteiger partial charge in [0.05, 0.1) is 17.6 Å². The van der Waals surface area contributed by atoms with Gasteiger partial charge in [0.1, 0.15) is 5.15 Å². The van der Waals surface area contributed by atoms with E-state index in [-0.39, 0.29) is 22.3 Å². The molecule has 1 aromatic heterocycles. The maximum atomic E-state index is 10.8. The lowest BCUT2D eigenvalue weighted by molar-refractivity contribution is -0.386. The minimum Gasteiger partial charge on any atom is -0.476 e. The first-order valence-corrected chi connectivity index (χ1v) is 4.87. The molecule has 0 aromatic carbocycles. The summed E-state index contributed by atoms with van der Waals surface area (Å²) in [5.74, 6) is -0.158. The first-order valence-electron chi connectivity index (χ1n) is 4.49. The highest BCUT2D eigenvalue weighted by atomic mass is 35.5. The Kier molecular flexibility index (Phi) is 4.62. The van der Waals surface area contributed by atoms with E-state index in [2.05, 4.69) is 4.98 Å². The van der Waals surface area contributed by atoms with Crippen molar-refractivity contribution in [3.63, 3.8) is 0 Å². The summed E-state index contributed by atoms with van der Waals surface area (Å²) in [5.41, 5.74) is -0.0323. The highest BCUT2D eigenvalue weighted by Gasteiger charge is 2.24. The summed E-state index contributed by atoms with van der Waals surface area (Å²) in [6, 6.07) is 1.21. The van der Waals surface area contributed by atoms with Gasteiger partial charge in [0.2, 0.25) is 0 Å². The molecule has 0 saturated heterocycles. The fourth-order valence-electron chi connectivity index (χ4n) is 1.28. The molecular weight excluding hydrogens is 252 g/mol. The van der Waals surface area contributed by atoms with Crippen LogP contribution in [0.25, 0.3) is 0 Å². The molecule has 7 nitrogen and oxygen atoms in total. The number of nitro groups is 1. The quantitative estimate of drug-likeness (QED) is 0.349. The zero-order valence-corrected chi connectivity index (χ0v) is 10.2. The van der Waals surface area contributed by atoms with E-state index in [1.54, 1.807) is 0 Å². The molecule has 17 heavy (non-hydrogen) atoms. The van der Waals surface area contributed by atoms with E-state index in [0.717, 1.165) is 0 Å². The van der Waals surface area contributed by atoms with Crippen LogP contribution in [-0.4, -0.2) is 31.2 Å². The monoisotopic (exact) mass is 262 g/mol. The van der Waals surface area contributed by atoms with Crippen molar-refractivity contribution in [2.45, 2.75) is 6.29 Å². The van der Waals surface area contributed by atoms with Crippen molar-refractivity contribution in [2.24, 2.45) is 0 Å². The molecule has 0 unspecified atom stereocenters. The largest absolute Gasteiger partial charge is 0.476 e. The topological polar surface area (TPSA) is 83.7 Å². The number of pyridine rings is 1. The summed E-state index contributed by atoms with van der Waals surface area (Å²) < 4.78 is 14.7. The maximum Gasteiger partial charge on any atom is 0.331 e. The van der Waals surface area contributed by atoms with Crippen LogP contribution in [0.1, 0.15) is 11.9 Å². The zero-order chi connectivity index (χ0) is 13.0. The summed E-state index contributed by atoms with van der Waals surface area (Å²) >= 11 is 5.86. The smallest absolute Gasteiger partial charge is 0.331 e. The molecule has 0 saturated carbocycles. The fourth-order valence-corrected chi connectivity index (χ4v) is 1.50. The molecule has 0 aliphatic carbocycles. The molecule has 0 radical (unpaired) electrons. The average molecular weight is 263 g/mol. The van der Waals surface area contributed by atoms with E-state index in [4.69, 9.17) is 25.8 Å². The van der Waals surface area contributed by atoms with Crippen LogP contribution in [0.15, 0.2) is 6.07 Å². The minimum absolute atomic E-state index is 0.0288. The third-order valence-corrected chi connectivity index (χ3v) is 2.32. The molecule has 0 atom stereocenters. The molecule has 0 spiro atoms. The van der Waals surface area contributed by atoms with Crippen LogP contribution in [0.3, 0.4) is 0 Å². The number of hydrogen-bond donors (Lipinski definition) is 0. The molecule has 8 heteroatoms. The van der Waals surface area contributed by atoms with Crippen LogP contribution in [0.5, 0.6) is 5.88 Å². The molecule has 0 aliphatic rings. The second kappa shape index (κ2) is 5.76. The van der Waals surface area contributed by atoms with Crippen LogP contribution in [0, 0.1) is 10.1 Å². The van der Waals surface area contributed by atoms with Crippen molar-refractivity contribution < 1.29 is 19.1 Å². The Morgan fingerprint density at radius 3 is 2.41 bits per heavy atom. The first kappa shape index (κ1) is 13.6. The lowest BCUT2D eigenvalue weighted by atomic mass is 10.2. The second-order valence-corrected chi connectivity index (χ2v) is 3.32. The predicted octanol–water partition coefficient (Wildman–Crippen LogP) is 1.94. The van der Waals surface area contributed by atoms with E-state index < -0.39 is 11.2 Å². The number of nitrogens with zero attached hydrogens (tertiary/aromatic N) is 2. The van der Waals surface area contributed by atoms with Crippen molar-refractivity contribution in [3.05, 3.63) is 26.9 Å². The normalized spacial score (nSPS) is 10.6. The van der Waals surface area contributed by atoms with Crippen LogP contribution in [-0.2, 0) is 9.47 Å². The van der Waals surface area contributed by atoms with Crippen molar-refractivity contribution in [1.82, 2.24) is 4.98 Å². The number of ether oxygens (including phenoxy) is 3. The van der Waals surface area contributed by atoms with Crippen LogP contribution >= 0.6 is 11.6 Å². The van der Waals surface area contributed by atoms with Gasteiger partial charge in [-0.25, -0.2) is 0 Å². The zero-order valence-electron chi connectivity index (χ0n) is 9.47. The van der Waals surface area contributed by atoms with Crippen molar-refractivity contribution in [3.8, 4) is 5.88 Å². The second-order valence-electron chi connectivity index (χ2n) is 2.96. The Hall–Kier alpha value is -1.44. The minimum atomic E-state index is -0.820. The molecule has 1 rings (SSSR count). The van der Waals surface area contributed by atoms with E-state index in [1.165, 1.54) is 27.4 Å². The van der Waals surface area contributed by atoms with Crippen molar-refractivity contribution in [2.75, 3.05) is 21.3 Å². The number of methoxy groups -OCH3 is 3. The number of rotatable bonds is 5. The average Bonchev–Trinajstić information content (AvgIpc) is 2.31. The van der Waals surface area contributed by atoms with Gasteiger partial charge in [-0.2, -0.15) is 4.98 Å². The van der Waals surface area contributed by atoms with Crippen LogP contribution in [0.4, 0.5) is 5.69 Å². The highest BCUT2D eigenvalue weighted by Crippen LogP contribution is 2.33. The Morgan fingerprint density at radius 2 is 2.00 bits per heavy atom. The van der Waals surface area contributed by atoms with Crippen molar-refractivity contribution in [1.29, 1.82) is 0 Å². The molecular formula is C9H11ClN2O5. The van der Waals surface area contributed by atoms with E-state index >= 15 is 0 Å². The number of hydrogen-bond acceptors (Lipinski definition) is 6. The Bertz CT molecular complexity index is 422. The Balaban J connectivity index is 3.33.